The Hall–Kier alpha value is -2.12. The van der Waals surface area contributed by atoms with E-state index in [1.165, 1.54) is 0 Å². The number of ether oxygens (including phenoxy) is 2. The number of carbonyl (C=O) groups is 1. The summed E-state index contributed by atoms with van der Waals surface area (Å²) < 4.78 is 74.6. The lowest BCUT2D eigenvalue weighted by molar-refractivity contribution is -0.0705. The molecule has 0 saturated carbocycles. The predicted molar refractivity (Wildman–Crippen MR) is 82.5 cm³/mol. The molecule has 13 heteroatoms. The van der Waals surface area contributed by atoms with Crippen LogP contribution in [0.15, 0.2) is 12.1 Å². The number of amides is 1. The molecule has 2 saturated heterocycles. The quantitative estimate of drug-likeness (QED) is 0.581. The minimum Gasteiger partial charge on any atom is -0.447 e. The van der Waals surface area contributed by atoms with Crippen molar-refractivity contribution in [2.45, 2.75) is 24.0 Å². The van der Waals surface area contributed by atoms with E-state index in [0.717, 1.165) is 17.0 Å². The van der Waals surface area contributed by atoms with Gasteiger partial charge in [0.2, 0.25) is 0 Å². The van der Waals surface area contributed by atoms with E-state index in [-0.39, 0.29) is 50.7 Å². The molecule has 2 aliphatic heterocycles. The summed E-state index contributed by atoms with van der Waals surface area (Å²) in [7, 11) is -5.94. The second kappa shape index (κ2) is 6.80. The van der Waals surface area contributed by atoms with Gasteiger partial charge in [0.15, 0.2) is 0 Å². The molecule has 150 valence electrons. The highest BCUT2D eigenvalue weighted by molar-refractivity contribution is 7.88. The fraction of sp³-hybridized carbons (Fsp3) is 0.571. The zero-order chi connectivity index (χ0) is 19.9. The van der Waals surface area contributed by atoms with Crippen molar-refractivity contribution in [2.24, 2.45) is 0 Å². The van der Waals surface area contributed by atoms with Crippen LogP contribution in [-0.4, -0.2) is 56.5 Å². The van der Waals surface area contributed by atoms with E-state index in [1.54, 1.807) is 0 Å². The van der Waals surface area contributed by atoms with Crippen LogP contribution < -0.4 is 9.08 Å². The molecule has 0 aliphatic carbocycles. The van der Waals surface area contributed by atoms with Gasteiger partial charge in [0.1, 0.15) is 23.8 Å². The summed E-state index contributed by atoms with van der Waals surface area (Å²) in [5, 5.41) is 10.8. The maximum Gasteiger partial charge on any atom is 0.534 e. The van der Waals surface area contributed by atoms with Crippen molar-refractivity contribution in [2.75, 3.05) is 31.3 Å². The Labute approximate surface area is 151 Å². The maximum atomic E-state index is 12.6. The number of carbonyl (C=O) groups excluding carboxylic acids is 1. The average molecular weight is 412 g/mol. The molecule has 1 amide bonds. The van der Waals surface area contributed by atoms with Crippen molar-refractivity contribution in [3.63, 3.8) is 0 Å². The highest BCUT2D eigenvalue weighted by atomic mass is 32.2. The third kappa shape index (κ3) is 3.94. The Bertz CT molecular complexity index is 838. The molecule has 3 heterocycles. The number of rotatable bonds is 4. The van der Waals surface area contributed by atoms with Crippen LogP contribution in [0.2, 0.25) is 0 Å². The number of hydrogen-bond donors (Lipinski definition) is 1. The van der Waals surface area contributed by atoms with Gasteiger partial charge in [-0.25, -0.2) is 9.78 Å². The van der Waals surface area contributed by atoms with Crippen molar-refractivity contribution in [1.29, 1.82) is 0 Å². The van der Waals surface area contributed by atoms with Crippen LogP contribution in [0.25, 0.3) is 0 Å². The van der Waals surface area contributed by atoms with Crippen LogP contribution >= 0.6 is 0 Å². The van der Waals surface area contributed by atoms with Gasteiger partial charge >= 0.3 is 21.7 Å². The van der Waals surface area contributed by atoms with Crippen molar-refractivity contribution < 1.29 is 45.1 Å². The van der Waals surface area contributed by atoms with Crippen molar-refractivity contribution in [3.8, 4) is 5.75 Å². The first-order chi connectivity index (χ1) is 12.5. The lowest BCUT2D eigenvalue weighted by Gasteiger charge is -2.32. The molecule has 0 unspecified atom stereocenters. The van der Waals surface area contributed by atoms with Crippen molar-refractivity contribution >= 4 is 22.0 Å². The number of aliphatic hydroxyl groups is 1. The van der Waals surface area contributed by atoms with Gasteiger partial charge < -0.3 is 18.8 Å². The van der Waals surface area contributed by atoms with Crippen LogP contribution in [0.4, 0.5) is 23.8 Å². The molecule has 3 rings (SSSR count). The smallest absolute Gasteiger partial charge is 0.447 e. The Morgan fingerprint density at radius 1 is 1.22 bits per heavy atom. The molecule has 0 radical (unpaired) electrons. The standard InChI is InChI=1S/C14H15F3N2O7S/c15-14(16,17)27(22,23)26-9-7-10(13(21)1-4-24-5-2-13)18-11(8-9)19-3-6-25-12(19)20/h7-8,21H,1-6H2. The Balaban J connectivity index is 2.04. The largest absolute Gasteiger partial charge is 0.534 e. The van der Waals surface area contributed by atoms with E-state index in [0.29, 0.717) is 0 Å². The molecule has 27 heavy (non-hydrogen) atoms. The van der Waals surface area contributed by atoms with Crippen LogP contribution in [0.5, 0.6) is 5.75 Å². The van der Waals surface area contributed by atoms with Crippen molar-refractivity contribution in [1.82, 2.24) is 4.98 Å². The zero-order valence-corrected chi connectivity index (χ0v) is 14.5. The predicted octanol–water partition coefficient (Wildman–Crippen LogP) is 1.26. The van der Waals surface area contributed by atoms with Gasteiger partial charge in [-0.1, -0.05) is 0 Å². The topological polar surface area (TPSA) is 115 Å². The number of anilines is 1. The molecule has 0 atom stereocenters. The first-order valence-corrected chi connectivity index (χ1v) is 9.20. The molecule has 2 fully saturated rings. The minimum absolute atomic E-state index is 0.0277. The van der Waals surface area contributed by atoms with Gasteiger partial charge in [0.05, 0.1) is 12.2 Å². The second-order valence-corrected chi connectivity index (χ2v) is 7.48. The molecular formula is C14H15F3N2O7S. The molecule has 0 spiro atoms. The van der Waals surface area contributed by atoms with Crippen LogP contribution in [0.1, 0.15) is 18.5 Å². The fourth-order valence-corrected chi connectivity index (χ4v) is 3.10. The number of hydrogen-bond acceptors (Lipinski definition) is 8. The van der Waals surface area contributed by atoms with Gasteiger partial charge in [-0.3, -0.25) is 4.90 Å². The zero-order valence-electron chi connectivity index (χ0n) is 13.7. The lowest BCUT2D eigenvalue weighted by Crippen LogP contribution is -2.35. The molecule has 1 aromatic heterocycles. The van der Waals surface area contributed by atoms with E-state index < -0.39 is 33.1 Å². The summed E-state index contributed by atoms with van der Waals surface area (Å²) in [5.41, 5.74) is -7.34. The van der Waals surface area contributed by atoms with Gasteiger partial charge in [-0.15, -0.1) is 0 Å². The second-order valence-electron chi connectivity index (χ2n) is 5.94. The molecule has 1 aromatic rings. The van der Waals surface area contributed by atoms with Gasteiger partial charge in [-0.2, -0.15) is 21.6 Å². The maximum absolute atomic E-state index is 12.6. The normalized spacial score (nSPS) is 20.4. The monoisotopic (exact) mass is 412 g/mol. The number of cyclic esters (lactones) is 1. The van der Waals surface area contributed by atoms with Crippen LogP contribution in [-0.2, 0) is 25.2 Å². The summed E-state index contributed by atoms with van der Waals surface area (Å²) in [4.78, 5) is 16.9. The summed E-state index contributed by atoms with van der Waals surface area (Å²) in [6.45, 7) is 0.429. The van der Waals surface area contributed by atoms with Crippen LogP contribution in [0.3, 0.4) is 0 Å². The number of alkyl halides is 3. The number of nitrogens with zero attached hydrogens (tertiary/aromatic N) is 2. The first kappa shape index (κ1) is 19.6. The van der Waals surface area contributed by atoms with E-state index in [1.807, 2.05) is 0 Å². The first-order valence-electron chi connectivity index (χ1n) is 7.80. The molecular weight excluding hydrogens is 397 g/mol. The number of pyridine rings is 1. The Morgan fingerprint density at radius 3 is 2.44 bits per heavy atom. The third-order valence-corrected chi connectivity index (χ3v) is 5.09. The van der Waals surface area contributed by atoms with E-state index in [2.05, 4.69) is 9.17 Å². The van der Waals surface area contributed by atoms with Gasteiger partial charge in [0, 0.05) is 38.2 Å². The SMILES string of the molecule is O=C1OCCN1c1cc(OS(=O)(=O)C(F)(F)F)cc(C2(O)CCOCC2)n1. The summed E-state index contributed by atoms with van der Waals surface area (Å²) in [6.07, 6.45) is -0.637. The number of halogens is 3. The minimum atomic E-state index is -5.94. The Morgan fingerprint density at radius 2 is 1.89 bits per heavy atom. The lowest BCUT2D eigenvalue weighted by atomic mass is 9.90. The highest BCUT2D eigenvalue weighted by Crippen LogP contribution is 2.36. The van der Waals surface area contributed by atoms with E-state index in [9.17, 15) is 31.5 Å². The molecule has 1 N–H and O–H groups in total. The summed E-state index contributed by atoms with van der Waals surface area (Å²) in [6, 6.07) is 1.77. The van der Waals surface area contributed by atoms with Crippen molar-refractivity contribution in [3.05, 3.63) is 17.8 Å². The average Bonchev–Trinajstić information content (AvgIpc) is 3.00. The molecule has 0 bridgehead atoms. The summed E-state index contributed by atoms with van der Waals surface area (Å²) in [5.74, 6) is -0.922. The number of aromatic nitrogens is 1. The van der Waals surface area contributed by atoms with E-state index in [4.69, 9.17) is 9.47 Å². The van der Waals surface area contributed by atoms with E-state index >= 15 is 0 Å². The summed E-state index contributed by atoms with van der Waals surface area (Å²) >= 11 is 0. The molecule has 0 aromatic carbocycles. The molecule has 2 aliphatic rings. The third-order valence-electron chi connectivity index (χ3n) is 4.11. The Kier molecular flexibility index (Phi) is 4.94. The fourth-order valence-electron chi connectivity index (χ4n) is 2.66. The highest BCUT2D eigenvalue weighted by Gasteiger charge is 2.49. The van der Waals surface area contributed by atoms with Gasteiger partial charge in [0.25, 0.3) is 0 Å². The van der Waals surface area contributed by atoms with Crippen LogP contribution in [0, 0.1) is 0 Å². The van der Waals surface area contributed by atoms with Gasteiger partial charge in [-0.05, 0) is 0 Å². The molecule has 9 nitrogen and oxygen atoms in total.